The Morgan fingerprint density at radius 1 is 1.27 bits per heavy atom. The van der Waals surface area contributed by atoms with Crippen LogP contribution < -0.4 is 4.74 Å². The second kappa shape index (κ2) is 6.56. The molecule has 22 heavy (non-hydrogen) atoms. The Kier molecular flexibility index (Phi) is 4.32. The van der Waals surface area contributed by atoms with Gasteiger partial charge >= 0.3 is 0 Å². The van der Waals surface area contributed by atoms with Crippen molar-refractivity contribution in [3.63, 3.8) is 0 Å². The first-order chi connectivity index (χ1) is 10.8. The van der Waals surface area contributed by atoms with Gasteiger partial charge in [-0.1, -0.05) is 6.07 Å². The predicted molar refractivity (Wildman–Crippen MR) is 82.7 cm³/mol. The van der Waals surface area contributed by atoms with Crippen LogP contribution in [0.4, 0.5) is 0 Å². The van der Waals surface area contributed by atoms with E-state index >= 15 is 0 Å². The Morgan fingerprint density at radius 3 is 2.91 bits per heavy atom. The molecule has 0 saturated carbocycles. The third-order valence-electron chi connectivity index (χ3n) is 3.83. The molecule has 3 rings (SSSR count). The Morgan fingerprint density at radius 2 is 2.14 bits per heavy atom. The Bertz CT molecular complexity index is 645. The number of nitrogens with zero attached hydrogens (tertiary/aromatic N) is 3. The monoisotopic (exact) mass is 297 g/mol. The number of likely N-dealkylation sites (tertiary alicyclic amines) is 1. The smallest absolute Gasteiger partial charge is 0.259 e. The molecule has 0 aliphatic carbocycles. The maximum absolute atomic E-state index is 12.9. The molecule has 3 heterocycles. The molecule has 1 aliphatic heterocycles. The Balaban J connectivity index is 1.88. The number of carbonyl (C=O) groups is 1. The van der Waals surface area contributed by atoms with Gasteiger partial charge in [-0.15, -0.1) is 0 Å². The van der Waals surface area contributed by atoms with Gasteiger partial charge in [0.05, 0.1) is 18.3 Å². The van der Waals surface area contributed by atoms with Gasteiger partial charge in [0.2, 0.25) is 5.88 Å². The summed E-state index contributed by atoms with van der Waals surface area (Å²) in [5.74, 6) is 0.367. The summed E-state index contributed by atoms with van der Waals surface area (Å²) in [6.07, 6.45) is 5.33. The molecule has 0 radical (unpaired) electrons. The van der Waals surface area contributed by atoms with E-state index in [0.29, 0.717) is 18.1 Å². The van der Waals surface area contributed by atoms with Gasteiger partial charge in [0.1, 0.15) is 5.56 Å². The number of aromatic nitrogens is 2. The fourth-order valence-corrected chi connectivity index (χ4v) is 2.85. The quantitative estimate of drug-likeness (QED) is 0.870. The van der Waals surface area contributed by atoms with Crippen LogP contribution in [0, 0.1) is 0 Å². The van der Waals surface area contributed by atoms with Crippen LogP contribution in [0.15, 0.2) is 42.7 Å². The van der Waals surface area contributed by atoms with E-state index in [1.54, 1.807) is 24.5 Å². The molecule has 0 spiro atoms. The van der Waals surface area contributed by atoms with E-state index in [1.807, 2.05) is 30.0 Å². The summed E-state index contributed by atoms with van der Waals surface area (Å²) in [5.41, 5.74) is 1.46. The van der Waals surface area contributed by atoms with Crippen LogP contribution in [0.3, 0.4) is 0 Å². The van der Waals surface area contributed by atoms with Crippen molar-refractivity contribution in [1.82, 2.24) is 14.9 Å². The van der Waals surface area contributed by atoms with E-state index in [4.69, 9.17) is 4.74 Å². The first kappa shape index (κ1) is 14.5. The highest BCUT2D eigenvalue weighted by Crippen LogP contribution is 2.33. The molecule has 1 aliphatic rings. The van der Waals surface area contributed by atoms with Crippen LogP contribution in [0.25, 0.3) is 0 Å². The van der Waals surface area contributed by atoms with Gasteiger partial charge in [0, 0.05) is 18.9 Å². The van der Waals surface area contributed by atoms with E-state index < -0.39 is 0 Å². The maximum Gasteiger partial charge on any atom is 0.259 e. The van der Waals surface area contributed by atoms with Gasteiger partial charge < -0.3 is 9.64 Å². The second-order valence-corrected chi connectivity index (χ2v) is 5.20. The molecule has 0 N–H and O–H groups in total. The standard InChI is InChI=1S/C17H19N3O2/c1-2-22-16-13(7-5-11-19-16)17(21)20-12-6-9-15(20)14-8-3-4-10-18-14/h3-5,7-8,10-11,15H,2,6,9,12H2,1H3. The molecule has 1 atom stereocenters. The number of hydrogen-bond donors (Lipinski definition) is 0. The summed E-state index contributed by atoms with van der Waals surface area (Å²) in [4.78, 5) is 23.4. The zero-order valence-electron chi connectivity index (χ0n) is 12.6. The maximum atomic E-state index is 12.9. The van der Waals surface area contributed by atoms with Gasteiger partial charge in [-0.2, -0.15) is 0 Å². The largest absolute Gasteiger partial charge is 0.477 e. The average Bonchev–Trinajstić information content (AvgIpc) is 3.05. The molecule has 2 aromatic rings. The third kappa shape index (κ3) is 2.79. The lowest BCUT2D eigenvalue weighted by Crippen LogP contribution is -2.31. The number of ether oxygens (including phenoxy) is 1. The Hall–Kier alpha value is -2.43. The molecule has 5 nitrogen and oxygen atoms in total. The highest BCUT2D eigenvalue weighted by Gasteiger charge is 2.32. The van der Waals surface area contributed by atoms with Crippen molar-refractivity contribution in [2.75, 3.05) is 13.2 Å². The van der Waals surface area contributed by atoms with Crippen LogP contribution in [0.2, 0.25) is 0 Å². The van der Waals surface area contributed by atoms with Crippen molar-refractivity contribution >= 4 is 5.91 Å². The number of amides is 1. The lowest BCUT2D eigenvalue weighted by Gasteiger charge is -2.24. The zero-order valence-corrected chi connectivity index (χ0v) is 12.6. The zero-order chi connectivity index (χ0) is 15.4. The summed E-state index contributed by atoms with van der Waals surface area (Å²) in [5, 5.41) is 0. The molecular weight excluding hydrogens is 278 g/mol. The molecule has 1 amide bonds. The molecule has 2 aromatic heterocycles. The van der Waals surface area contributed by atoms with Gasteiger partial charge in [-0.05, 0) is 44.0 Å². The summed E-state index contributed by atoms with van der Waals surface area (Å²) in [6, 6.07) is 9.39. The van der Waals surface area contributed by atoms with Crippen LogP contribution in [-0.4, -0.2) is 33.9 Å². The van der Waals surface area contributed by atoms with Crippen molar-refractivity contribution < 1.29 is 9.53 Å². The molecule has 1 unspecified atom stereocenters. The third-order valence-corrected chi connectivity index (χ3v) is 3.83. The van der Waals surface area contributed by atoms with E-state index in [0.717, 1.165) is 25.1 Å². The fourth-order valence-electron chi connectivity index (χ4n) is 2.85. The molecule has 0 aromatic carbocycles. The summed E-state index contributed by atoms with van der Waals surface area (Å²) >= 11 is 0. The summed E-state index contributed by atoms with van der Waals surface area (Å²) in [6.45, 7) is 3.11. The molecule has 114 valence electrons. The first-order valence-corrected chi connectivity index (χ1v) is 7.61. The van der Waals surface area contributed by atoms with Crippen molar-refractivity contribution in [2.24, 2.45) is 0 Å². The average molecular weight is 297 g/mol. The van der Waals surface area contributed by atoms with Crippen LogP contribution in [-0.2, 0) is 0 Å². The number of carbonyl (C=O) groups excluding carboxylic acids is 1. The predicted octanol–water partition coefficient (Wildman–Crippen LogP) is 2.85. The SMILES string of the molecule is CCOc1ncccc1C(=O)N1CCCC1c1ccccn1. The van der Waals surface area contributed by atoms with Crippen LogP contribution in [0.1, 0.15) is 41.9 Å². The minimum Gasteiger partial charge on any atom is -0.477 e. The normalized spacial score (nSPS) is 17.5. The first-order valence-electron chi connectivity index (χ1n) is 7.61. The lowest BCUT2D eigenvalue weighted by molar-refractivity contribution is 0.0727. The highest BCUT2D eigenvalue weighted by atomic mass is 16.5. The Labute approximate surface area is 130 Å². The number of rotatable bonds is 4. The summed E-state index contributed by atoms with van der Waals surface area (Å²) < 4.78 is 5.48. The topological polar surface area (TPSA) is 55.3 Å². The second-order valence-electron chi connectivity index (χ2n) is 5.20. The lowest BCUT2D eigenvalue weighted by atomic mass is 10.1. The number of hydrogen-bond acceptors (Lipinski definition) is 4. The summed E-state index contributed by atoms with van der Waals surface area (Å²) in [7, 11) is 0. The van der Waals surface area contributed by atoms with Crippen LogP contribution in [0.5, 0.6) is 5.88 Å². The van der Waals surface area contributed by atoms with E-state index in [1.165, 1.54) is 0 Å². The molecule has 1 saturated heterocycles. The van der Waals surface area contributed by atoms with E-state index in [2.05, 4.69) is 9.97 Å². The van der Waals surface area contributed by atoms with Crippen molar-refractivity contribution in [2.45, 2.75) is 25.8 Å². The molecule has 0 bridgehead atoms. The minimum absolute atomic E-state index is 0.0309. The molecule has 5 heteroatoms. The number of pyridine rings is 2. The van der Waals surface area contributed by atoms with E-state index in [9.17, 15) is 4.79 Å². The van der Waals surface area contributed by atoms with E-state index in [-0.39, 0.29) is 11.9 Å². The van der Waals surface area contributed by atoms with Gasteiger partial charge in [0.15, 0.2) is 0 Å². The van der Waals surface area contributed by atoms with Gasteiger partial charge in [-0.3, -0.25) is 9.78 Å². The molecular formula is C17H19N3O2. The minimum atomic E-state index is -0.0373. The van der Waals surface area contributed by atoms with Gasteiger partial charge in [0.25, 0.3) is 5.91 Å². The molecule has 1 fully saturated rings. The van der Waals surface area contributed by atoms with Crippen molar-refractivity contribution in [3.8, 4) is 5.88 Å². The van der Waals surface area contributed by atoms with Gasteiger partial charge in [-0.25, -0.2) is 4.98 Å². The fraction of sp³-hybridized carbons (Fsp3) is 0.353. The van der Waals surface area contributed by atoms with Crippen LogP contribution >= 0.6 is 0 Å². The van der Waals surface area contributed by atoms with Crippen molar-refractivity contribution in [1.29, 1.82) is 0 Å². The van der Waals surface area contributed by atoms with Crippen molar-refractivity contribution in [3.05, 3.63) is 54.0 Å². The highest BCUT2D eigenvalue weighted by molar-refractivity contribution is 5.96.